The van der Waals surface area contributed by atoms with Gasteiger partial charge in [-0.05, 0) is 18.1 Å². The second-order valence-corrected chi connectivity index (χ2v) is 4.71. The fourth-order valence-corrected chi connectivity index (χ4v) is 2.03. The largest absolute Gasteiger partial charge is 0.388 e. The van der Waals surface area contributed by atoms with E-state index < -0.39 is 0 Å². The standard InChI is InChI=1S/C15H25NO/c1-2-3-4-5-6-7-8-11-15(17)14-10-9-12-16-13-14/h9-10,12-13,15,17H,2-8,11H2,1H3. The highest BCUT2D eigenvalue weighted by Crippen LogP contribution is 2.19. The van der Waals surface area contributed by atoms with Gasteiger partial charge in [-0.2, -0.15) is 0 Å². The lowest BCUT2D eigenvalue weighted by Crippen LogP contribution is -1.97. The van der Waals surface area contributed by atoms with Gasteiger partial charge >= 0.3 is 0 Å². The van der Waals surface area contributed by atoms with Crippen molar-refractivity contribution in [2.75, 3.05) is 0 Å². The maximum Gasteiger partial charge on any atom is 0.0804 e. The molecular weight excluding hydrogens is 210 g/mol. The molecule has 1 rings (SSSR count). The Morgan fingerprint density at radius 3 is 2.47 bits per heavy atom. The van der Waals surface area contributed by atoms with Crippen LogP contribution in [-0.2, 0) is 0 Å². The molecule has 0 saturated carbocycles. The molecule has 96 valence electrons. The zero-order valence-electron chi connectivity index (χ0n) is 10.9. The summed E-state index contributed by atoms with van der Waals surface area (Å²) in [6, 6.07) is 3.82. The quantitative estimate of drug-likeness (QED) is 0.649. The summed E-state index contributed by atoms with van der Waals surface area (Å²) in [7, 11) is 0. The predicted octanol–water partition coefficient (Wildman–Crippen LogP) is 4.26. The van der Waals surface area contributed by atoms with Crippen LogP contribution < -0.4 is 0 Å². The molecule has 1 heterocycles. The molecule has 2 heteroatoms. The molecule has 17 heavy (non-hydrogen) atoms. The van der Waals surface area contributed by atoms with E-state index in [4.69, 9.17) is 0 Å². The molecule has 0 amide bonds. The van der Waals surface area contributed by atoms with Gasteiger partial charge in [-0.1, -0.05) is 57.9 Å². The maximum atomic E-state index is 9.92. The maximum absolute atomic E-state index is 9.92. The van der Waals surface area contributed by atoms with Gasteiger partial charge in [0.05, 0.1) is 6.10 Å². The van der Waals surface area contributed by atoms with E-state index in [1.807, 2.05) is 12.1 Å². The van der Waals surface area contributed by atoms with Gasteiger partial charge in [0.2, 0.25) is 0 Å². The van der Waals surface area contributed by atoms with E-state index in [-0.39, 0.29) is 6.10 Å². The van der Waals surface area contributed by atoms with Gasteiger partial charge < -0.3 is 5.11 Å². The van der Waals surface area contributed by atoms with Crippen molar-refractivity contribution in [3.63, 3.8) is 0 Å². The minimum Gasteiger partial charge on any atom is -0.388 e. The summed E-state index contributed by atoms with van der Waals surface area (Å²) in [5.41, 5.74) is 0.943. The van der Waals surface area contributed by atoms with Crippen LogP contribution in [0.1, 0.15) is 70.0 Å². The number of aliphatic hydroxyl groups excluding tert-OH is 1. The summed E-state index contributed by atoms with van der Waals surface area (Å²) in [5.74, 6) is 0. The van der Waals surface area contributed by atoms with Crippen LogP contribution in [0.5, 0.6) is 0 Å². The first kappa shape index (κ1) is 14.2. The molecule has 0 aliphatic heterocycles. The Hall–Kier alpha value is -0.890. The van der Waals surface area contributed by atoms with Gasteiger partial charge in [-0.3, -0.25) is 4.98 Å². The van der Waals surface area contributed by atoms with E-state index in [1.165, 1.54) is 38.5 Å². The highest BCUT2D eigenvalue weighted by Gasteiger charge is 2.06. The molecule has 1 aromatic heterocycles. The molecule has 0 spiro atoms. The highest BCUT2D eigenvalue weighted by molar-refractivity contribution is 5.11. The first-order valence-electron chi connectivity index (χ1n) is 6.92. The number of rotatable bonds is 9. The van der Waals surface area contributed by atoms with Gasteiger partial charge in [-0.15, -0.1) is 0 Å². The third-order valence-corrected chi connectivity index (χ3v) is 3.15. The van der Waals surface area contributed by atoms with Gasteiger partial charge in [0, 0.05) is 12.4 Å². The molecule has 0 aliphatic rings. The molecule has 1 unspecified atom stereocenters. The van der Waals surface area contributed by atoms with Crippen LogP contribution >= 0.6 is 0 Å². The van der Waals surface area contributed by atoms with Gasteiger partial charge in [0.25, 0.3) is 0 Å². The smallest absolute Gasteiger partial charge is 0.0804 e. The van der Waals surface area contributed by atoms with Crippen molar-refractivity contribution in [2.45, 2.75) is 64.4 Å². The Balaban J connectivity index is 2.03. The van der Waals surface area contributed by atoms with Crippen LogP contribution in [0, 0.1) is 0 Å². The zero-order chi connectivity index (χ0) is 12.3. The predicted molar refractivity (Wildman–Crippen MR) is 71.8 cm³/mol. The van der Waals surface area contributed by atoms with Crippen molar-refractivity contribution in [1.29, 1.82) is 0 Å². The molecular formula is C15H25NO. The van der Waals surface area contributed by atoms with E-state index in [0.717, 1.165) is 18.4 Å². The first-order chi connectivity index (χ1) is 8.34. The number of hydrogen-bond donors (Lipinski definition) is 1. The Morgan fingerprint density at radius 1 is 1.12 bits per heavy atom. The van der Waals surface area contributed by atoms with Gasteiger partial charge in [0.1, 0.15) is 0 Å². The first-order valence-corrected chi connectivity index (χ1v) is 6.92. The minimum absolute atomic E-state index is 0.334. The second-order valence-electron chi connectivity index (χ2n) is 4.71. The average molecular weight is 235 g/mol. The lowest BCUT2D eigenvalue weighted by molar-refractivity contribution is 0.163. The monoisotopic (exact) mass is 235 g/mol. The topological polar surface area (TPSA) is 33.1 Å². The molecule has 1 atom stereocenters. The summed E-state index contributed by atoms with van der Waals surface area (Å²) >= 11 is 0. The van der Waals surface area contributed by atoms with Crippen LogP contribution in [0.4, 0.5) is 0 Å². The fraction of sp³-hybridized carbons (Fsp3) is 0.667. The van der Waals surface area contributed by atoms with Gasteiger partial charge in [0.15, 0.2) is 0 Å². The van der Waals surface area contributed by atoms with Crippen molar-refractivity contribution >= 4 is 0 Å². The molecule has 0 radical (unpaired) electrons. The molecule has 0 aliphatic carbocycles. The summed E-state index contributed by atoms with van der Waals surface area (Å²) in [4.78, 5) is 4.02. The SMILES string of the molecule is CCCCCCCCCC(O)c1cccnc1. The minimum atomic E-state index is -0.334. The molecule has 0 aromatic carbocycles. The van der Waals surface area contributed by atoms with Crippen molar-refractivity contribution in [3.8, 4) is 0 Å². The number of nitrogens with zero attached hydrogens (tertiary/aromatic N) is 1. The summed E-state index contributed by atoms with van der Waals surface area (Å²) < 4.78 is 0. The lowest BCUT2D eigenvalue weighted by Gasteiger charge is -2.09. The Kier molecular flexibility index (Phi) is 7.65. The number of aromatic nitrogens is 1. The van der Waals surface area contributed by atoms with Crippen molar-refractivity contribution < 1.29 is 5.11 Å². The third kappa shape index (κ3) is 6.42. The van der Waals surface area contributed by atoms with E-state index in [9.17, 15) is 5.11 Å². The summed E-state index contributed by atoms with van der Waals surface area (Å²) in [6.45, 7) is 2.24. The Labute approximate surface area is 105 Å². The van der Waals surface area contributed by atoms with Gasteiger partial charge in [-0.25, -0.2) is 0 Å². The Morgan fingerprint density at radius 2 is 1.82 bits per heavy atom. The van der Waals surface area contributed by atoms with Crippen LogP contribution in [0.2, 0.25) is 0 Å². The molecule has 2 nitrogen and oxygen atoms in total. The second kappa shape index (κ2) is 9.17. The lowest BCUT2D eigenvalue weighted by atomic mass is 10.0. The van der Waals surface area contributed by atoms with Crippen LogP contribution in [0.25, 0.3) is 0 Å². The zero-order valence-corrected chi connectivity index (χ0v) is 10.9. The highest BCUT2D eigenvalue weighted by atomic mass is 16.3. The number of hydrogen-bond acceptors (Lipinski definition) is 2. The molecule has 1 aromatic rings. The van der Waals surface area contributed by atoms with Crippen LogP contribution in [0.3, 0.4) is 0 Å². The Bertz CT molecular complexity index is 274. The average Bonchev–Trinajstić information content (AvgIpc) is 2.38. The summed E-state index contributed by atoms with van der Waals surface area (Å²) in [6.07, 6.45) is 13.0. The third-order valence-electron chi connectivity index (χ3n) is 3.15. The van der Waals surface area contributed by atoms with Crippen molar-refractivity contribution in [1.82, 2.24) is 4.98 Å². The molecule has 0 saturated heterocycles. The van der Waals surface area contributed by atoms with E-state index >= 15 is 0 Å². The number of pyridine rings is 1. The van der Waals surface area contributed by atoms with Crippen molar-refractivity contribution in [3.05, 3.63) is 30.1 Å². The van der Waals surface area contributed by atoms with Crippen molar-refractivity contribution in [2.24, 2.45) is 0 Å². The van der Waals surface area contributed by atoms with Crippen LogP contribution in [-0.4, -0.2) is 10.1 Å². The molecule has 0 bridgehead atoms. The van der Waals surface area contributed by atoms with E-state index in [0.29, 0.717) is 0 Å². The fourth-order valence-electron chi connectivity index (χ4n) is 2.03. The number of unbranched alkanes of at least 4 members (excludes halogenated alkanes) is 6. The van der Waals surface area contributed by atoms with E-state index in [1.54, 1.807) is 12.4 Å². The number of aliphatic hydroxyl groups is 1. The summed E-state index contributed by atoms with van der Waals surface area (Å²) in [5, 5.41) is 9.92. The van der Waals surface area contributed by atoms with E-state index in [2.05, 4.69) is 11.9 Å². The van der Waals surface area contributed by atoms with Crippen LogP contribution in [0.15, 0.2) is 24.5 Å². The molecule has 1 N–H and O–H groups in total. The molecule has 0 fully saturated rings. The normalized spacial score (nSPS) is 12.6.